The Hall–Kier alpha value is -2.64. The summed E-state index contributed by atoms with van der Waals surface area (Å²) in [5.74, 6) is -1.23. The molecular weight excluding hydrogens is 871 g/mol. The summed E-state index contributed by atoms with van der Waals surface area (Å²) < 4.78 is 17.5. The van der Waals surface area contributed by atoms with Crippen LogP contribution >= 0.6 is 0 Å². The monoisotopic (exact) mass is 974 g/mol. The Morgan fingerprint density at radius 3 is 1.59 bits per heavy atom. The third-order valence-electron chi connectivity index (χ3n) is 13.0. The van der Waals surface area contributed by atoms with Gasteiger partial charge in [0, 0.05) is 6.42 Å². The number of allylic oxidation sites excluding steroid dienone is 9. The number of aliphatic hydroxyl groups is 5. The van der Waals surface area contributed by atoms with Crippen molar-refractivity contribution in [2.75, 3.05) is 13.2 Å². The Labute approximate surface area is 420 Å². The van der Waals surface area contributed by atoms with Gasteiger partial charge in [0.25, 0.3) is 0 Å². The molecule has 0 bridgehead atoms. The first-order chi connectivity index (χ1) is 33.7. The number of esters is 1. The largest absolute Gasteiger partial charge is 0.454 e. The molecule has 11 nitrogen and oxygen atoms in total. The second kappa shape index (κ2) is 46.4. The third-order valence-corrected chi connectivity index (χ3v) is 13.0. The van der Waals surface area contributed by atoms with Gasteiger partial charge >= 0.3 is 5.97 Å². The Kier molecular flexibility index (Phi) is 43.3. The molecule has 0 aromatic carbocycles. The highest BCUT2D eigenvalue weighted by Gasteiger charge is 2.47. The van der Waals surface area contributed by atoms with Crippen LogP contribution in [-0.2, 0) is 23.8 Å². The molecule has 1 saturated heterocycles. The lowest BCUT2D eigenvalue weighted by Crippen LogP contribution is -2.61. The second-order valence-electron chi connectivity index (χ2n) is 19.3. The zero-order valence-electron chi connectivity index (χ0n) is 43.9. The maximum Gasteiger partial charge on any atom is 0.306 e. The summed E-state index contributed by atoms with van der Waals surface area (Å²) in [5.41, 5.74) is 0. The van der Waals surface area contributed by atoms with Crippen molar-refractivity contribution in [1.29, 1.82) is 0 Å². The average Bonchev–Trinajstić information content (AvgIpc) is 3.34. The zero-order chi connectivity index (χ0) is 50.4. The first-order valence-electron chi connectivity index (χ1n) is 28.1. The summed E-state index contributed by atoms with van der Waals surface area (Å²) in [6, 6.07) is -1.03. The summed E-state index contributed by atoms with van der Waals surface area (Å²) in [6.45, 7) is 5.61. The van der Waals surface area contributed by atoms with E-state index in [4.69, 9.17) is 14.2 Å². The molecule has 8 unspecified atom stereocenters. The molecule has 0 aromatic rings. The molecule has 1 aliphatic heterocycles. The van der Waals surface area contributed by atoms with Crippen molar-refractivity contribution < 1.29 is 49.3 Å². The third kappa shape index (κ3) is 35.2. The van der Waals surface area contributed by atoms with Crippen LogP contribution in [0.25, 0.3) is 0 Å². The lowest BCUT2D eigenvalue weighted by Gasteiger charge is -2.41. The summed E-state index contributed by atoms with van der Waals surface area (Å²) >= 11 is 0. The van der Waals surface area contributed by atoms with E-state index in [1.54, 1.807) is 6.08 Å². The molecule has 1 amide bonds. The van der Waals surface area contributed by atoms with Gasteiger partial charge in [-0.15, -0.1) is 0 Å². The SMILES string of the molecule is CC/C=C/C=C/C=C/CCCCCCCCC(O)C(=O)NC(COC1OC(CO)C(O)C(O)C1OC(=O)CCCCC/C=C\CCCCCCCC)C(O)/C=C/CCCCCCCCCCCCC. The number of hydrogen-bond donors (Lipinski definition) is 6. The van der Waals surface area contributed by atoms with E-state index in [-0.39, 0.29) is 19.4 Å². The molecular formula is C58H103NO10. The number of carbonyl (C=O) groups is 2. The van der Waals surface area contributed by atoms with Crippen molar-refractivity contribution in [3.8, 4) is 0 Å². The second-order valence-corrected chi connectivity index (χ2v) is 19.3. The van der Waals surface area contributed by atoms with Gasteiger partial charge < -0.3 is 45.1 Å². The molecule has 0 spiro atoms. The van der Waals surface area contributed by atoms with E-state index >= 15 is 0 Å². The minimum atomic E-state index is -1.62. The van der Waals surface area contributed by atoms with Gasteiger partial charge in [0.1, 0.15) is 24.4 Å². The fraction of sp³-hybridized carbons (Fsp3) is 0.793. The number of carbonyl (C=O) groups excluding carboxylic acids is 2. The topological polar surface area (TPSA) is 175 Å². The number of unbranched alkanes of at least 4 members (excludes halogenated alkanes) is 26. The van der Waals surface area contributed by atoms with Gasteiger partial charge in [-0.2, -0.15) is 0 Å². The van der Waals surface area contributed by atoms with E-state index in [0.717, 1.165) is 89.9 Å². The number of amides is 1. The van der Waals surface area contributed by atoms with Crippen LogP contribution in [0.5, 0.6) is 0 Å². The van der Waals surface area contributed by atoms with Crippen LogP contribution in [0.15, 0.2) is 60.8 Å². The Bertz CT molecular complexity index is 1350. The van der Waals surface area contributed by atoms with E-state index in [2.05, 4.69) is 62.5 Å². The summed E-state index contributed by atoms with van der Waals surface area (Å²) in [5, 5.41) is 56.7. The first kappa shape index (κ1) is 64.4. The highest BCUT2D eigenvalue weighted by atomic mass is 16.7. The van der Waals surface area contributed by atoms with Gasteiger partial charge in [0.05, 0.1) is 25.4 Å². The van der Waals surface area contributed by atoms with E-state index in [0.29, 0.717) is 12.8 Å². The van der Waals surface area contributed by atoms with Crippen molar-refractivity contribution in [2.45, 2.75) is 282 Å². The molecule has 400 valence electrons. The smallest absolute Gasteiger partial charge is 0.306 e. The summed E-state index contributed by atoms with van der Waals surface area (Å²) in [7, 11) is 0. The number of hydrogen-bond acceptors (Lipinski definition) is 10. The lowest BCUT2D eigenvalue weighted by atomic mass is 9.99. The summed E-state index contributed by atoms with van der Waals surface area (Å²) in [6.07, 6.45) is 45.5. The maximum absolute atomic E-state index is 13.4. The van der Waals surface area contributed by atoms with Crippen molar-refractivity contribution in [3.63, 3.8) is 0 Å². The summed E-state index contributed by atoms with van der Waals surface area (Å²) in [4.78, 5) is 26.4. The van der Waals surface area contributed by atoms with Gasteiger partial charge in [-0.1, -0.05) is 216 Å². The molecule has 69 heavy (non-hydrogen) atoms. The van der Waals surface area contributed by atoms with Crippen LogP contribution in [0, 0.1) is 0 Å². The van der Waals surface area contributed by atoms with E-state index in [1.807, 2.05) is 18.2 Å². The fourth-order valence-electron chi connectivity index (χ4n) is 8.47. The standard InChI is InChI=1S/C58H103NO10/c1-4-7-10-13-16-19-22-25-28-30-33-36-39-42-45-51(62)57(66)59-49(50(61)44-41-38-35-32-29-26-23-20-17-14-11-8-5-2)48-67-58-56(55(65)54(64)52(47-60)68-58)69-53(63)46-43-40-37-34-31-27-24-21-18-15-12-9-6-3/h7,10,13,16,19,22,27,31,41,44,49-52,54-56,58,60-62,64-65H,4-6,8-9,11-12,14-15,17-18,20-21,23-26,28-30,32-40,42-43,45-48H2,1-3H3,(H,59,66)/b10-7+,16-13+,22-19+,31-27-,44-41+. The number of rotatable bonds is 46. The molecule has 0 radical (unpaired) electrons. The van der Waals surface area contributed by atoms with Crippen LogP contribution in [0.4, 0.5) is 0 Å². The highest BCUT2D eigenvalue weighted by molar-refractivity contribution is 5.80. The molecule has 1 rings (SSSR count). The van der Waals surface area contributed by atoms with Gasteiger partial charge in [0.2, 0.25) is 5.91 Å². The molecule has 0 aromatic heterocycles. The Morgan fingerprint density at radius 1 is 0.580 bits per heavy atom. The molecule has 1 fully saturated rings. The lowest BCUT2D eigenvalue weighted by molar-refractivity contribution is -0.305. The van der Waals surface area contributed by atoms with Gasteiger partial charge in [0.15, 0.2) is 12.4 Å². The molecule has 0 saturated carbocycles. The van der Waals surface area contributed by atoms with Crippen LogP contribution in [-0.4, -0.2) is 99.6 Å². The van der Waals surface area contributed by atoms with Crippen molar-refractivity contribution >= 4 is 11.9 Å². The Balaban J connectivity index is 2.78. The predicted molar refractivity (Wildman–Crippen MR) is 283 cm³/mol. The molecule has 11 heteroatoms. The normalized spacial score (nSPS) is 20.3. The van der Waals surface area contributed by atoms with Gasteiger partial charge in [-0.3, -0.25) is 9.59 Å². The predicted octanol–water partition coefficient (Wildman–Crippen LogP) is 12.3. The molecule has 1 heterocycles. The minimum Gasteiger partial charge on any atom is -0.454 e. The number of ether oxygens (including phenoxy) is 3. The molecule has 8 atom stereocenters. The van der Waals surface area contributed by atoms with Crippen LogP contribution < -0.4 is 5.32 Å². The number of aliphatic hydroxyl groups excluding tert-OH is 5. The van der Waals surface area contributed by atoms with Crippen molar-refractivity contribution in [1.82, 2.24) is 5.32 Å². The van der Waals surface area contributed by atoms with Crippen LogP contribution in [0.1, 0.15) is 233 Å². The van der Waals surface area contributed by atoms with Crippen molar-refractivity contribution in [2.24, 2.45) is 0 Å². The quantitative estimate of drug-likeness (QED) is 0.0149. The van der Waals surface area contributed by atoms with Crippen LogP contribution in [0.3, 0.4) is 0 Å². The van der Waals surface area contributed by atoms with Crippen molar-refractivity contribution in [3.05, 3.63) is 60.8 Å². The molecule has 0 aliphatic carbocycles. The zero-order valence-corrected chi connectivity index (χ0v) is 43.9. The van der Waals surface area contributed by atoms with E-state index < -0.39 is 67.4 Å². The van der Waals surface area contributed by atoms with Crippen LogP contribution in [0.2, 0.25) is 0 Å². The Morgan fingerprint density at radius 2 is 1.06 bits per heavy atom. The highest BCUT2D eigenvalue weighted by Crippen LogP contribution is 2.26. The van der Waals surface area contributed by atoms with Gasteiger partial charge in [-0.05, 0) is 70.6 Å². The maximum atomic E-state index is 13.4. The minimum absolute atomic E-state index is 0.101. The fourth-order valence-corrected chi connectivity index (χ4v) is 8.47. The van der Waals surface area contributed by atoms with E-state index in [9.17, 15) is 35.1 Å². The van der Waals surface area contributed by atoms with Gasteiger partial charge in [-0.25, -0.2) is 0 Å². The molecule has 1 aliphatic rings. The molecule has 6 N–H and O–H groups in total. The van der Waals surface area contributed by atoms with E-state index in [1.165, 1.54) is 96.3 Å². The first-order valence-corrected chi connectivity index (χ1v) is 28.1. The average molecular weight is 974 g/mol. The number of nitrogens with one attached hydrogen (secondary N) is 1.